The third kappa shape index (κ3) is 5.45. The lowest BCUT2D eigenvalue weighted by Crippen LogP contribution is -2.54. The summed E-state index contributed by atoms with van der Waals surface area (Å²) in [6, 6.07) is 15.3. The number of carbonyl (C=O) groups excluding carboxylic acids is 1. The third-order valence-electron chi connectivity index (χ3n) is 6.71. The van der Waals surface area contributed by atoms with Crippen molar-refractivity contribution in [2.45, 2.75) is 69.4 Å². The molecule has 2 atom stereocenters. The minimum atomic E-state index is -3.86. The Morgan fingerprint density at radius 2 is 1.65 bits per heavy atom. The number of sulfonamides is 1. The van der Waals surface area contributed by atoms with Crippen LogP contribution in [-0.4, -0.2) is 45.8 Å². The maximum absolute atomic E-state index is 13.5. The number of rotatable bonds is 6. The molecule has 0 unspecified atom stereocenters. The molecule has 0 bridgehead atoms. The Kier molecular flexibility index (Phi) is 7.45. The van der Waals surface area contributed by atoms with Crippen molar-refractivity contribution in [3.8, 4) is 0 Å². The first-order chi connectivity index (χ1) is 15.7. The van der Waals surface area contributed by atoms with Crippen LogP contribution in [0.1, 0.15) is 43.1 Å². The van der Waals surface area contributed by atoms with E-state index in [-0.39, 0.29) is 22.2 Å². The number of esters is 1. The zero-order chi connectivity index (χ0) is 25.3. The van der Waals surface area contributed by atoms with Gasteiger partial charge in [0.2, 0.25) is 0 Å². The summed E-state index contributed by atoms with van der Waals surface area (Å²) in [5.41, 5.74) is 1.56. The Morgan fingerprint density at radius 1 is 1.06 bits per heavy atom. The molecule has 184 valence electrons. The van der Waals surface area contributed by atoms with Crippen molar-refractivity contribution in [1.29, 1.82) is 0 Å². The first kappa shape index (κ1) is 26.2. The molecule has 2 aromatic rings. The Hall–Kier alpha value is -2.42. The van der Waals surface area contributed by atoms with E-state index in [0.717, 1.165) is 5.56 Å². The van der Waals surface area contributed by atoms with Gasteiger partial charge in [0.05, 0.1) is 22.3 Å². The normalized spacial score (nSPS) is 19.7. The maximum Gasteiger partial charge on any atom is 0.338 e. The molecule has 6 nitrogen and oxygen atoms in total. The molecule has 0 aliphatic carbocycles. The number of aryl methyl sites for hydroxylation is 1. The highest BCUT2D eigenvalue weighted by atomic mass is 32.2. The molecule has 8 heteroatoms. The van der Waals surface area contributed by atoms with E-state index in [1.165, 1.54) is 4.31 Å². The van der Waals surface area contributed by atoms with Crippen LogP contribution in [0.25, 0.3) is 0 Å². The topological polar surface area (TPSA) is 72.9 Å². The lowest BCUT2D eigenvalue weighted by Gasteiger charge is -2.45. The average Bonchev–Trinajstić information content (AvgIpc) is 2.76. The van der Waals surface area contributed by atoms with Crippen LogP contribution in [0.3, 0.4) is 0 Å². The van der Waals surface area contributed by atoms with Crippen molar-refractivity contribution >= 4 is 24.3 Å². The van der Waals surface area contributed by atoms with Gasteiger partial charge in [-0.1, -0.05) is 63.2 Å². The van der Waals surface area contributed by atoms with Crippen LogP contribution in [0.5, 0.6) is 0 Å². The number of hydrogen-bond donors (Lipinski definition) is 0. The molecule has 1 fully saturated rings. The fourth-order valence-corrected chi connectivity index (χ4v) is 6.43. The van der Waals surface area contributed by atoms with Crippen molar-refractivity contribution in [2.75, 3.05) is 6.54 Å². The summed E-state index contributed by atoms with van der Waals surface area (Å²) in [6.07, 6.45) is -1.01. The van der Waals surface area contributed by atoms with Crippen molar-refractivity contribution in [3.05, 3.63) is 78.0 Å². The lowest BCUT2D eigenvalue weighted by atomic mass is 10.0. The number of piperidine rings is 1. The first-order valence-electron chi connectivity index (χ1n) is 11.5. The van der Waals surface area contributed by atoms with Crippen LogP contribution in [0.2, 0.25) is 18.1 Å². The number of carbonyl (C=O) groups is 1. The first-order valence-corrected chi connectivity index (χ1v) is 15.8. The molecule has 0 radical (unpaired) electrons. The van der Waals surface area contributed by atoms with Crippen molar-refractivity contribution < 1.29 is 22.4 Å². The second-order valence-corrected chi connectivity index (χ2v) is 16.9. The van der Waals surface area contributed by atoms with Crippen LogP contribution in [0.15, 0.2) is 71.8 Å². The highest BCUT2D eigenvalue weighted by molar-refractivity contribution is 7.89. The van der Waals surface area contributed by atoms with E-state index in [0.29, 0.717) is 12.0 Å². The summed E-state index contributed by atoms with van der Waals surface area (Å²) in [5, 5.41) is -0.0621. The highest BCUT2D eigenvalue weighted by Gasteiger charge is 2.46. The third-order valence-corrected chi connectivity index (χ3v) is 13.1. The molecule has 1 saturated heterocycles. The maximum atomic E-state index is 13.5. The summed E-state index contributed by atoms with van der Waals surface area (Å²) in [7, 11) is -6.09. The van der Waals surface area contributed by atoms with Crippen molar-refractivity contribution in [1.82, 2.24) is 4.31 Å². The quantitative estimate of drug-likeness (QED) is 0.385. The van der Waals surface area contributed by atoms with Gasteiger partial charge in [0.1, 0.15) is 0 Å². The van der Waals surface area contributed by atoms with E-state index in [1.807, 2.05) is 13.0 Å². The van der Waals surface area contributed by atoms with Gasteiger partial charge >= 0.3 is 5.97 Å². The Bertz CT molecular complexity index is 1140. The largest absolute Gasteiger partial charge is 0.450 e. The Morgan fingerprint density at radius 3 is 2.21 bits per heavy atom. The molecule has 3 rings (SSSR count). The van der Waals surface area contributed by atoms with E-state index in [1.54, 1.807) is 48.5 Å². The van der Waals surface area contributed by atoms with E-state index < -0.39 is 36.5 Å². The van der Waals surface area contributed by atoms with Gasteiger partial charge in [0, 0.05) is 6.54 Å². The van der Waals surface area contributed by atoms with Gasteiger partial charge in [-0.05, 0) is 55.7 Å². The monoisotopic (exact) mass is 501 g/mol. The smallest absolute Gasteiger partial charge is 0.338 e. The molecule has 2 aromatic carbocycles. The summed E-state index contributed by atoms with van der Waals surface area (Å²) >= 11 is 0. The van der Waals surface area contributed by atoms with Crippen molar-refractivity contribution in [3.63, 3.8) is 0 Å². The Balaban J connectivity index is 1.95. The van der Waals surface area contributed by atoms with Crippen LogP contribution in [-0.2, 0) is 19.2 Å². The molecule has 0 N–H and O–H groups in total. The van der Waals surface area contributed by atoms with Gasteiger partial charge < -0.3 is 9.16 Å². The predicted molar refractivity (Wildman–Crippen MR) is 137 cm³/mol. The predicted octanol–water partition coefficient (Wildman–Crippen LogP) is 5.52. The van der Waals surface area contributed by atoms with E-state index >= 15 is 0 Å². The molecule has 1 aliphatic rings. The number of nitrogens with zero attached hydrogens (tertiary/aromatic N) is 1. The number of ether oxygens (including phenoxy) is 1. The van der Waals surface area contributed by atoms with Crippen LogP contribution in [0, 0.1) is 6.92 Å². The molecule has 34 heavy (non-hydrogen) atoms. The summed E-state index contributed by atoms with van der Waals surface area (Å²) < 4.78 is 40.7. The molecule has 1 aliphatic heterocycles. The van der Waals surface area contributed by atoms with Crippen LogP contribution in [0.4, 0.5) is 0 Å². The van der Waals surface area contributed by atoms with E-state index in [2.05, 4.69) is 40.4 Å². The van der Waals surface area contributed by atoms with Gasteiger partial charge in [-0.2, -0.15) is 0 Å². The van der Waals surface area contributed by atoms with Gasteiger partial charge in [-0.15, -0.1) is 0 Å². The summed E-state index contributed by atoms with van der Waals surface area (Å²) in [5.74, 6) is -0.537. The fourth-order valence-electron chi connectivity index (χ4n) is 3.59. The van der Waals surface area contributed by atoms with Gasteiger partial charge in [0.15, 0.2) is 14.4 Å². The lowest BCUT2D eigenvalue weighted by molar-refractivity contribution is -0.0191. The van der Waals surface area contributed by atoms with Gasteiger partial charge in [-0.25, -0.2) is 13.2 Å². The second kappa shape index (κ2) is 9.68. The zero-order valence-electron chi connectivity index (χ0n) is 20.9. The molecule has 1 heterocycles. The molecule has 0 amide bonds. The molecular formula is C26H35NO5SSi. The van der Waals surface area contributed by atoms with Gasteiger partial charge in [-0.3, -0.25) is 4.31 Å². The van der Waals surface area contributed by atoms with Crippen molar-refractivity contribution in [2.24, 2.45) is 0 Å². The van der Waals surface area contributed by atoms with Crippen LogP contribution >= 0.6 is 0 Å². The number of benzene rings is 2. The standard InChI is InChI=1S/C26H35NO5SSi/c1-19-13-15-22(16-14-19)33(29,30)27-18-17-23(32-34(6,7)26(3,4)5)24(20(27)2)31-25(28)21-11-9-8-10-12-21/h8-16,23-24H,2,17-18H2,1,3-7H3/t23-,24+/m1/s1. The molecular weight excluding hydrogens is 466 g/mol. The van der Waals surface area contributed by atoms with Gasteiger partial charge in [0.25, 0.3) is 10.0 Å². The minimum absolute atomic E-state index is 0.0621. The van der Waals surface area contributed by atoms with E-state index in [4.69, 9.17) is 9.16 Å². The SMILES string of the molecule is C=C1[C@H](OC(=O)c2ccccc2)[C@H](O[Si](C)(C)C(C)(C)C)CCN1S(=O)(=O)c1ccc(C)cc1. The summed E-state index contributed by atoms with van der Waals surface area (Å²) in [4.78, 5) is 13.1. The molecule has 0 saturated carbocycles. The summed E-state index contributed by atoms with van der Waals surface area (Å²) in [6.45, 7) is 16.8. The fraction of sp³-hybridized carbons (Fsp3) is 0.423. The highest BCUT2D eigenvalue weighted by Crippen LogP contribution is 2.40. The second-order valence-electron chi connectivity index (χ2n) is 10.3. The average molecular weight is 502 g/mol. The molecule has 0 aromatic heterocycles. The number of hydrogen-bond acceptors (Lipinski definition) is 5. The van der Waals surface area contributed by atoms with Crippen LogP contribution < -0.4 is 0 Å². The zero-order valence-corrected chi connectivity index (χ0v) is 22.7. The minimum Gasteiger partial charge on any atom is -0.450 e. The van der Waals surface area contributed by atoms with E-state index in [9.17, 15) is 13.2 Å². The Labute approximate surface area is 204 Å². The molecule has 0 spiro atoms.